The Balaban J connectivity index is 1.94. The van der Waals surface area contributed by atoms with Gasteiger partial charge in [0.05, 0.1) is 7.11 Å². The van der Waals surface area contributed by atoms with E-state index in [9.17, 15) is 0 Å². The summed E-state index contributed by atoms with van der Waals surface area (Å²) in [5.74, 6) is 1.56. The lowest BCUT2D eigenvalue weighted by Gasteiger charge is -2.22. The van der Waals surface area contributed by atoms with Crippen molar-refractivity contribution in [3.8, 4) is 5.88 Å². The predicted octanol–water partition coefficient (Wildman–Crippen LogP) is 0.599. The third kappa shape index (κ3) is 3.22. The second-order valence-electron chi connectivity index (χ2n) is 4.60. The standard InChI is InChI=1S/C12H21N5O/c1-16(7-8-17-5-3-4-6-17)10-9-11(18-2)15-12(13)14-10/h9H,3-8H2,1-2H3,(H2,13,14,15). The predicted molar refractivity (Wildman–Crippen MR) is 71.9 cm³/mol. The maximum atomic E-state index is 5.65. The zero-order valence-electron chi connectivity index (χ0n) is 11.1. The highest BCUT2D eigenvalue weighted by atomic mass is 16.5. The molecule has 0 bridgehead atoms. The van der Waals surface area contributed by atoms with E-state index in [1.54, 1.807) is 13.2 Å². The van der Waals surface area contributed by atoms with Gasteiger partial charge in [0.1, 0.15) is 5.82 Å². The lowest BCUT2D eigenvalue weighted by molar-refractivity contribution is 0.346. The fourth-order valence-corrected chi connectivity index (χ4v) is 2.14. The fourth-order valence-electron chi connectivity index (χ4n) is 2.14. The molecule has 2 heterocycles. The zero-order chi connectivity index (χ0) is 13.0. The lowest BCUT2D eigenvalue weighted by Crippen LogP contribution is -2.31. The number of nitrogens with zero attached hydrogens (tertiary/aromatic N) is 4. The van der Waals surface area contributed by atoms with Gasteiger partial charge < -0.3 is 20.3 Å². The van der Waals surface area contributed by atoms with Crippen molar-refractivity contribution in [2.45, 2.75) is 12.8 Å². The number of methoxy groups -OCH3 is 1. The summed E-state index contributed by atoms with van der Waals surface area (Å²) in [6.07, 6.45) is 2.63. The average Bonchev–Trinajstić information content (AvgIpc) is 2.88. The van der Waals surface area contributed by atoms with Gasteiger partial charge in [-0.25, -0.2) is 0 Å². The maximum Gasteiger partial charge on any atom is 0.225 e. The van der Waals surface area contributed by atoms with Crippen molar-refractivity contribution >= 4 is 11.8 Å². The molecule has 0 aliphatic carbocycles. The van der Waals surface area contributed by atoms with E-state index in [0.717, 1.165) is 18.9 Å². The molecule has 0 amide bonds. The molecule has 0 saturated carbocycles. The van der Waals surface area contributed by atoms with Crippen molar-refractivity contribution in [3.63, 3.8) is 0 Å². The van der Waals surface area contributed by atoms with Gasteiger partial charge in [0, 0.05) is 26.2 Å². The molecule has 0 atom stereocenters. The molecule has 0 radical (unpaired) electrons. The molecule has 1 aliphatic heterocycles. The van der Waals surface area contributed by atoms with Crippen LogP contribution in [0.2, 0.25) is 0 Å². The molecule has 1 fully saturated rings. The molecule has 2 N–H and O–H groups in total. The number of anilines is 2. The monoisotopic (exact) mass is 251 g/mol. The number of nitrogen functional groups attached to an aromatic ring is 1. The molecule has 0 aromatic carbocycles. The molecule has 6 heteroatoms. The zero-order valence-corrected chi connectivity index (χ0v) is 11.1. The second-order valence-corrected chi connectivity index (χ2v) is 4.60. The number of aromatic nitrogens is 2. The number of likely N-dealkylation sites (N-methyl/N-ethyl adjacent to an activating group) is 1. The van der Waals surface area contributed by atoms with Crippen LogP contribution in [0.15, 0.2) is 6.07 Å². The first kappa shape index (κ1) is 12.9. The molecule has 0 unspecified atom stereocenters. The van der Waals surface area contributed by atoms with E-state index in [4.69, 9.17) is 10.5 Å². The Labute approximate surface area is 108 Å². The van der Waals surface area contributed by atoms with Crippen LogP contribution in [0.3, 0.4) is 0 Å². The molecule has 1 aromatic heterocycles. The van der Waals surface area contributed by atoms with E-state index < -0.39 is 0 Å². The van der Waals surface area contributed by atoms with Crippen molar-refractivity contribution in [2.24, 2.45) is 0 Å². The van der Waals surface area contributed by atoms with Crippen LogP contribution in [0.4, 0.5) is 11.8 Å². The van der Waals surface area contributed by atoms with Gasteiger partial charge in [-0.2, -0.15) is 9.97 Å². The van der Waals surface area contributed by atoms with Gasteiger partial charge in [0.15, 0.2) is 0 Å². The van der Waals surface area contributed by atoms with Crippen LogP contribution in [0.5, 0.6) is 5.88 Å². The maximum absolute atomic E-state index is 5.65. The third-order valence-electron chi connectivity index (χ3n) is 3.26. The van der Waals surface area contributed by atoms with Crippen LogP contribution >= 0.6 is 0 Å². The molecule has 1 saturated heterocycles. The summed E-state index contributed by atoms with van der Waals surface area (Å²) >= 11 is 0. The minimum absolute atomic E-state index is 0.248. The highest BCUT2D eigenvalue weighted by Gasteiger charge is 2.13. The molecular weight excluding hydrogens is 230 g/mol. The molecule has 1 aliphatic rings. The minimum atomic E-state index is 0.248. The van der Waals surface area contributed by atoms with Crippen LogP contribution in [0.25, 0.3) is 0 Å². The third-order valence-corrected chi connectivity index (χ3v) is 3.26. The topological polar surface area (TPSA) is 67.5 Å². The normalized spacial score (nSPS) is 15.9. The van der Waals surface area contributed by atoms with Crippen molar-refractivity contribution < 1.29 is 4.74 Å². The summed E-state index contributed by atoms with van der Waals surface area (Å²) in [6.45, 7) is 4.41. The number of likely N-dealkylation sites (tertiary alicyclic amines) is 1. The Kier molecular flexibility index (Phi) is 4.19. The highest BCUT2D eigenvalue weighted by molar-refractivity contribution is 5.44. The Morgan fingerprint density at radius 3 is 2.78 bits per heavy atom. The Hall–Kier alpha value is -1.56. The molecule has 1 aromatic rings. The first-order valence-corrected chi connectivity index (χ1v) is 6.31. The molecule has 6 nitrogen and oxygen atoms in total. The van der Waals surface area contributed by atoms with Gasteiger partial charge in [0.2, 0.25) is 11.8 Å². The lowest BCUT2D eigenvalue weighted by atomic mass is 10.4. The summed E-state index contributed by atoms with van der Waals surface area (Å²) in [5.41, 5.74) is 5.65. The summed E-state index contributed by atoms with van der Waals surface area (Å²) in [4.78, 5) is 12.8. The number of ether oxygens (including phenoxy) is 1. The quantitative estimate of drug-likeness (QED) is 0.826. The molecule has 100 valence electrons. The van der Waals surface area contributed by atoms with Crippen LogP contribution in [0, 0.1) is 0 Å². The SMILES string of the molecule is COc1cc(N(C)CCN2CCCC2)nc(N)n1. The number of rotatable bonds is 5. The summed E-state index contributed by atoms with van der Waals surface area (Å²) in [6, 6.07) is 1.81. The Morgan fingerprint density at radius 1 is 1.39 bits per heavy atom. The fraction of sp³-hybridized carbons (Fsp3) is 0.667. The summed E-state index contributed by atoms with van der Waals surface area (Å²) in [5, 5.41) is 0. The first-order valence-electron chi connectivity index (χ1n) is 6.31. The first-order chi connectivity index (χ1) is 8.69. The van der Waals surface area contributed by atoms with E-state index in [1.807, 2.05) is 7.05 Å². The van der Waals surface area contributed by atoms with Crippen molar-refractivity contribution in [2.75, 3.05) is 51.0 Å². The average molecular weight is 251 g/mol. The number of hydrogen-bond donors (Lipinski definition) is 1. The van der Waals surface area contributed by atoms with Gasteiger partial charge in [0.25, 0.3) is 0 Å². The summed E-state index contributed by atoms with van der Waals surface area (Å²) < 4.78 is 5.10. The number of nitrogens with two attached hydrogens (primary N) is 1. The molecular formula is C12H21N5O. The van der Waals surface area contributed by atoms with Crippen LogP contribution < -0.4 is 15.4 Å². The summed E-state index contributed by atoms with van der Waals surface area (Å²) in [7, 11) is 3.59. The van der Waals surface area contributed by atoms with Crippen LogP contribution in [-0.2, 0) is 0 Å². The molecule has 18 heavy (non-hydrogen) atoms. The number of hydrogen-bond acceptors (Lipinski definition) is 6. The van der Waals surface area contributed by atoms with E-state index in [1.165, 1.54) is 25.9 Å². The Morgan fingerprint density at radius 2 is 2.11 bits per heavy atom. The van der Waals surface area contributed by atoms with Gasteiger partial charge in [-0.1, -0.05) is 0 Å². The van der Waals surface area contributed by atoms with E-state index in [-0.39, 0.29) is 5.95 Å². The van der Waals surface area contributed by atoms with Crippen LogP contribution in [-0.4, -0.2) is 55.2 Å². The smallest absolute Gasteiger partial charge is 0.225 e. The van der Waals surface area contributed by atoms with E-state index in [0.29, 0.717) is 5.88 Å². The molecule has 2 rings (SSSR count). The van der Waals surface area contributed by atoms with Crippen molar-refractivity contribution in [1.82, 2.24) is 14.9 Å². The van der Waals surface area contributed by atoms with E-state index >= 15 is 0 Å². The van der Waals surface area contributed by atoms with Gasteiger partial charge >= 0.3 is 0 Å². The molecule has 0 spiro atoms. The largest absolute Gasteiger partial charge is 0.481 e. The van der Waals surface area contributed by atoms with Crippen LogP contribution in [0.1, 0.15) is 12.8 Å². The Bertz CT molecular complexity index is 392. The minimum Gasteiger partial charge on any atom is -0.481 e. The van der Waals surface area contributed by atoms with Crippen molar-refractivity contribution in [1.29, 1.82) is 0 Å². The van der Waals surface area contributed by atoms with E-state index in [2.05, 4.69) is 19.8 Å². The van der Waals surface area contributed by atoms with Gasteiger partial charge in [-0.15, -0.1) is 0 Å². The second kappa shape index (κ2) is 5.86. The highest BCUT2D eigenvalue weighted by Crippen LogP contribution is 2.17. The van der Waals surface area contributed by atoms with Gasteiger partial charge in [-0.3, -0.25) is 0 Å². The van der Waals surface area contributed by atoms with Crippen molar-refractivity contribution in [3.05, 3.63) is 6.07 Å². The van der Waals surface area contributed by atoms with Gasteiger partial charge in [-0.05, 0) is 25.9 Å².